The summed E-state index contributed by atoms with van der Waals surface area (Å²) in [7, 11) is 1.59. The number of halogens is 2. The van der Waals surface area contributed by atoms with E-state index >= 15 is 8.78 Å². The lowest BCUT2D eigenvalue weighted by atomic mass is 9.94. The number of piperidine rings is 1. The molecule has 0 amide bonds. The number of ether oxygens (including phenoxy) is 1. The Hall–Kier alpha value is -4.16. The maximum absolute atomic E-state index is 16.9. The molecule has 5 heterocycles. The van der Waals surface area contributed by atoms with E-state index in [9.17, 15) is 0 Å². The monoisotopic (exact) mass is 656 g/mol. The summed E-state index contributed by atoms with van der Waals surface area (Å²) in [5, 5.41) is 9.68. The Bertz CT molecular complexity index is 1890. The van der Waals surface area contributed by atoms with Crippen molar-refractivity contribution in [3.63, 3.8) is 0 Å². The van der Waals surface area contributed by atoms with Crippen molar-refractivity contribution in [2.24, 2.45) is 10.6 Å². The molecule has 4 aliphatic rings. The van der Waals surface area contributed by atoms with Crippen molar-refractivity contribution >= 4 is 38.9 Å². The minimum Gasteiger partial charge on any atom is -0.463 e. The average Bonchev–Trinajstić information content (AvgIpc) is 3.77. The summed E-state index contributed by atoms with van der Waals surface area (Å²) in [6, 6.07) is 7.44. The molecule has 1 aliphatic carbocycles. The zero-order valence-electron chi connectivity index (χ0n) is 27.6. The first-order chi connectivity index (χ1) is 23.3. The number of likely N-dealkylation sites (tertiary alicyclic amines) is 1. The summed E-state index contributed by atoms with van der Waals surface area (Å²) in [6.07, 6.45) is 8.21. The summed E-state index contributed by atoms with van der Waals surface area (Å²) in [4.78, 5) is 23.9. The van der Waals surface area contributed by atoms with Gasteiger partial charge in [0.2, 0.25) is 0 Å². The molecule has 4 fully saturated rings. The normalized spacial score (nSPS) is 22.0. The predicted octanol–water partition coefficient (Wildman–Crippen LogP) is 5.47. The Morgan fingerprint density at radius 2 is 1.85 bits per heavy atom. The number of nitrogens with one attached hydrogen (secondary N) is 1. The molecule has 2 aromatic carbocycles. The number of hydrogen-bond acceptors (Lipinski definition) is 10. The Balaban J connectivity index is 1.16. The number of aryl methyl sites for hydroxylation is 1. The van der Waals surface area contributed by atoms with Gasteiger partial charge >= 0.3 is 6.01 Å². The second kappa shape index (κ2) is 12.4. The fourth-order valence-electron chi connectivity index (χ4n) is 7.96. The van der Waals surface area contributed by atoms with Crippen molar-refractivity contribution in [1.82, 2.24) is 25.2 Å². The van der Waals surface area contributed by atoms with Gasteiger partial charge in [0, 0.05) is 80.5 Å². The largest absolute Gasteiger partial charge is 0.463 e. The number of oxime groups is 1. The van der Waals surface area contributed by atoms with Crippen molar-refractivity contribution in [1.29, 1.82) is 0 Å². The Labute approximate surface area is 278 Å². The molecule has 10 nitrogen and oxygen atoms in total. The molecule has 2 bridgehead atoms. The molecule has 12 heteroatoms. The van der Waals surface area contributed by atoms with Gasteiger partial charge in [0.15, 0.2) is 5.82 Å². The molecule has 0 spiro atoms. The smallest absolute Gasteiger partial charge is 0.319 e. The van der Waals surface area contributed by atoms with E-state index in [2.05, 4.69) is 25.3 Å². The minimum absolute atomic E-state index is 0.0194. The molecule has 1 saturated carbocycles. The number of nitrogens with two attached hydrogens (primary N) is 1. The van der Waals surface area contributed by atoms with E-state index < -0.39 is 5.82 Å². The van der Waals surface area contributed by atoms with E-state index in [0.29, 0.717) is 58.5 Å². The predicted molar refractivity (Wildman–Crippen MR) is 183 cm³/mol. The van der Waals surface area contributed by atoms with E-state index in [1.54, 1.807) is 31.5 Å². The lowest BCUT2D eigenvalue weighted by Crippen LogP contribution is -2.51. The summed E-state index contributed by atoms with van der Waals surface area (Å²) in [5.41, 5.74) is 9.02. The van der Waals surface area contributed by atoms with E-state index in [1.807, 2.05) is 6.92 Å². The molecule has 3 saturated heterocycles. The van der Waals surface area contributed by atoms with E-state index in [4.69, 9.17) is 25.3 Å². The lowest BCUT2D eigenvalue weighted by Gasteiger charge is -2.34. The number of hydrogen-bond donors (Lipinski definition) is 2. The van der Waals surface area contributed by atoms with E-state index in [1.165, 1.54) is 6.07 Å². The van der Waals surface area contributed by atoms with Crippen LogP contribution in [0, 0.1) is 17.0 Å². The quantitative estimate of drug-likeness (QED) is 0.179. The third-order valence-electron chi connectivity index (χ3n) is 10.6. The Kier molecular flexibility index (Phi) is 8.03. The first-order valence-electron chi connectivity index (χ1n) is 17.2. The molecule has 48 heavy (non-hydrogen) atoms. The van der Waals surface area contributed by atoms with E-state index in [0.717, 1.165) is 82.3 Å². The second-order valence-corrected chi connectivity index (χ2v) is 14.0. The molecule has 2 atom stereocenters. The zero-order valence-corrected chi connectivity index (χ0v) is 27.6. The van der Waals surface area contributed by atoms with Crippen molar-refractivity contribution in [2.45, 2.75) is 64.0 Å². The van der Waals surface area contributed by atoms with Crippen LogP contribution in [-0.2, 0) is 11.3 Å². The SMILES string of the molecule is CCc1c(F)ccc2cc(N)cc(-c3ncc4c(N5CC6CCC(C5)N6)nc(OCC5(CN6CCC(=NOC)CC6)CC5)nc4c3F)c12. The first-order valence-corrected chi connectivity index (χ1v) is 17.2. The van der Waals surface area contributed by atoms with Gasteiger partial charge in [0.05, 0.1) is 17.7 Å². The number of pyridine rings is 1. The fourth-order valence-corrected chi connectivity index (χ4v) is 7.96. The Morgan fingerprint density at radius 1 is 1.08 bits per heavy atom. The van der Waals surface area contributed by atoms with Gasteiger partial charge in [-0.15, -0.1) is 0 Å². The van der Waals surface area contributed by atoms with Gasteiger partial charge in [-0.2, -0.15) is 9.97 Å². The molecule has 3 N–H and O–H groups in total. The number of aromatic nitrogens is 3. The van der Waals surface area contributed by atoms with Crippen LogP contribution in [0.2, 0.25) is 0 Å². The molecule has 8 rings (SSSR count). The molecule has 4 aromatic rings. The lowest BCUT2D eigenvalue weighted by molar-refractivity contribution is 0.151. The van der Waals surface area contributed by atoms with Crippen LogP contribution in [0.25, 0.3) is 32.9 Å². The molecular formula is C36H42F2N8O2. The van der Waals surface area contributed by atoms with Crippen LogP contribution in [0.15, 0.2) is 35.6 Å². The van der Waals surface area contributed by atoms with Gasteiger partial charge in [0.1, 0.15) is 30.0 Å². The number of piperazine rings is 1. The molecule has 252 valence electrons. The third kappa shape index (κ3) is 5.78. The third-order valence-corrected chi connectivity index (χ3v) is 10.6. The number of nitrogen functional groups attached to an aromatic ring is 1. The second-order valence-electron chi connectivity index (χ2n) is 14.0. The van der Waals surface area contributed by atoms with Crippen molar-refractivity contribution in [3.8, 4) is 17.3 Å². The highest BCUT2D eigenvalue weighted by molar-refractivity contribution is 6.02. The number of fused-ring (bicyclic) bond motifs is 4. The molecule has 2 aromatic heterocycles. The fraction of sp³-hybridized carbons (Fsp3) is 0.500. The molecular weight excluding hydrogens is 614 g/mol. The Morgan fingerprint density at radius 3 is 2.56 bits per heavy atom. The summed E-state index contributed by atoms with van der Waals surface area (Å²) in [6.45, 7) is 6.67. The van der Waals surface area contributed by atoms with E-state index in [-0.39, 0.29) is 28.5 Å². The van der Waals surface area contributed by atoms with Crippen molar-refractivity contribution < 1.29 is 18.4 Å². The highest BCUT2D eigenvalue weighted by atomic mass is 19.1. The average molecular weight is 657 g/mol. The molecule has 0 radical (unpaired) electrons. The topological polar surface area (TPSA) is 114 Å². The van der Waals surface area contributed by atoms with Crippen LogP contribution in [0.3, 0.4) is 0 Å². The van der Waals surface area contributed by atoms with Gasteiger partial charge < -0.3 is 30.4 Å². The van der Waals surface area contributed by atoms with Crippen LogP contribution >= 0.6 is 0 Å². The molecule has 3 aliphatic heterocycles. The van der Waals surface area contributed by atoms with Crippen molar-refractivity contribution in [2.75, 3.05) is 57.1 Å². The number of anilines is 2. The minimum atomic E-state index is -0.597. The summed E-state index contributed by atoms with van der Waals surface area (Å²) in [5.74, 6) is -0.303. The zero-order chi connectivity index (χ0) is 33.0. The summed E-state index contributed by atoms with van der Waals surface area (Å²) >= 11 is 0. The first kappa shape index (κ1) is 31.1. The van der Waals surface area contributed by atoms with Crippen LogP contribution < -0.4 is 20.7 Å². The van der Waals surface area contributed by atoms with Crippen LogP contribution in [0.5, 0.6) is 6.01 Å². The van der Waals surface area contributed by atoms with Crippen LogP contribution in [0.1, 0.15) is 51.0 Å². The van der Waals surface area contributed by atoms with Gasteiger partial charge in [-0.05, 0) is 66.6 Å². The van der Waals surface area contributed by atoms with Crippen molar-refractivity contribution in [3.05, 3.63) is 47.7 Å². The van der Waals surface area contributed by atoms with Gasteiger partial charge in [-0.3, -0.25) is 4.98 Å². The maximum Gasteiger partial charge on any atom is 0.319 e. The van der Waals surface area contributed by atoms with Gasteiger partial charge in [-0.25, -0.2) is 8.78 Å². The number of nitrogens with zero attached hydrogens (tertiary/aromatic N) is 6. The maximum atomic E-state index is 16.9. The van der Waals surface area contributed by atoms with Crippen LogP contribution in [-0.4, -0.2) is 84.1 Å². The van der Waals surface area contributed by atoms with Gasteiger partial charge in [-0.1, -0.05) is 18.1 Å². The number of rotatable bonds is 9. The highest BCUT2D eigenvalue weighted by Gasteiger charge is 2.45. The highest BCUT2D eigenvalue weighted by Crippen LogP contribution is 2.47. The number of benzene rings is 2. The summed E-state index contributed by atoms with van der Waals surface area (Å²) < 4.78 is 38.3. The standard InChI is InChI=1S/C36H42F2N8O2/c1-3-26-29(37)7-4-21-14-22(39)15-27(30(21)26)32-31(38)33-28(16-40-32)34(46-17-24-5-6-25(18-46)41-24)43-35(42-33)48-20-36(10-11-36)19-45-12-8-23(9-13-45)44-47-2/h4,7,14-16,24-25,41H,3,5-6,8-13,17-20,39H2,1-2H3. The van der Waals surface area contributed by atoms with Gasteiger partial charge in [0.25, 0.3) is 0 Å². The van der Waals surface area contributed by atoms with Crippen LogP contribution in [0.4, 0.5) is 20.3 Å². The molecule has 2 unspecified atom stereocenters.